The number of phenolic OH excluding ortho intramolecular Hbond substituents is 2. The Morgan fingerprint density at radius 2 is 1.32 bits per heavy atom. The van der Waals surface area contributed by atoms with Gasteiger partial charge < -0.3 is 10.2 Å². The molecule has 2 heteroatoms. The number of benzene rings is 3. The van der Waals surface area contributed by atoms with E-state index in [9.17, 15) is 0 Å². The lowest BCUT2D eigenvalue weighted by Crippen LogP contribution is -1.93. The zero-order chi connectivity index (χ0) is 15.4. The largest absolute Gasteiger partial charge is 0.508 e. The number of rotatable bonds is 0. The van der Waals surface area contributed by atoms with Gasteiger partial charge in [0.25, 0.3) is 0 Å². The van der Waals surface area contributed by atoms with Crippen LogP contribution in [0.5, 0.6) is 11.5 Å². The first-order valence-electron chi connectivity index (χ1n) is 7.38. The maximum atomic E-state index is 8.65. The Morgan fingerprint density at radius 3 is 1.95 bits per heavy atom. The van der Waals surface area contributed by atoms with E-state index in [-0.39, 0.29) is 11.5 Å². The zero-order valence-corrected chi connectivity index (χ0v) is 12.2. The van der Waals surface area contributed by atoms with E-state index in [0.717, 1.165) is 0 Å². The van der Waals surface area contributed by atoms with Gasteiger partial charge in [0.05, 0.1) is 0 Å². The molecular weight excluding hydrogens is 272 g/mol. The molecule has 3 aromatic carbocycles. The minimum absolute atomic E-state index is 0.169. The lowest BCUT2D eigenvalue weighted by atomic mass is 9.94. The molecule has 0 unspecified atom stereocenters. The van der Waals surface area contributed by atoms with Crippen molar-refractivity contribution in [3.63, 3.8) is 0 Å². The molecule has 3 aromatic rings. The van der Waals surface area contributed by atoms with Crippen molar-refractivity contribution in [3.05, 3.63) is 77.9 Å². The van der Waals surface area contributed by atoms with Crippen LogP contribution in [0, 0.1) is 0 Å². The summed E-state index contributed by atoms with van der Waals surface area (Å²) in [6.45, 7) is 0. The second-order valence-corrected chi connectivity index (χ2v) is 5.36. The Bertz CT molecular complexity index is 781. The third kappa shape index (κ3) is 3.29. The van der Waals surface area contributed by atoms with E-state index in [1.165, 1.54) is 59.0 Å². The van der Waals surface area contributed by atoms with Crippen molar-refractivity contribution in [2.24, 2.45) is 0 Å². The molecule has 0 radical (unpaired) electrons. The van der Waals surface area contributed by atoms with Crippen molar-refractivity contribution >= 4 is 16.8 Å². The van der Waals surface area contributed by atoms with Gasteiger partial charge in [0, 0.05) is 0 Å². The smallest absolute Gasteiger partial charge is 0.115 e. The summed E-state index contributed by atoms with van der Waals surface area (Å²) in [7, 11) is 0. The quantitative estimate of drug-likeness (QED) is 0.578. The van der Waals surface area contributed by atoms with Gasteiger partial charge in [-0.1, -0.05) is 42.5 Å². The van der Waals surface area contributed by atoms with Gasteiger partial charge in [-0.05, 0) is 65.1 Å². The number of allylic oxidation sites excluding steroid dienone is 1. The third-order valence-corrected chi connectivity index (χ3v) is 3.73. The van der Waals surface area contributed by atoms with Crippen molar-refractivity contribution in [2.45, 2.75) is 12.8 Å². The molecule has 2 N–H and O–H groups in total. The Kier molecular flexibility index (Phi) is 4.10. The molecule has 0 spiro atoms. The maximum Gasteiger partial charge on any atom is 0.115 e. The van der Waals surface area contributed by atoms with Crippen LogP contribution in [0.3, 0.4) is 0 Å². The highest BCUT2D eigenvalue weighted by Gasteiger charge is 2.05. The average molecular weight is 290 g/mol. The summed E-state index contributed by atoms with van der Waals surface area (Å²) in [5.74, 6) is 0.339. The fourth-order valence-corrected chi connectivity index (χ4v) is 2.58. The fourth-order valence-electron chi connectivity index (χ4n) is 2.58. The van der Waals surface area contributed by atoms with E-state index >= 15 is 0 Å². The molecule has 0 aromatic heterocycles. The number of fused-ring (bicyclic) bond motifs is 2. The van der Waals surface area contributed by atoms with Crippen LogP contribution in [0.4, 0.5) is 0 Å². The fraction of sp³-hybridized carbons (Fsp3) is 0.100. The van der Waals surface area contributed by atoms with Gasteiger partial charge in [-0.25, -0.2) is 0 Å². The monoisotopic (exact) mass is 290 g/mol. The lowest BCUT2D eigenvalue weighted by molar-refractivity contribution is 0.460. The van der Waals surface area contributed by atoms with E-state index < -0.39 is 0 Å². The molecular formula is C20H18O2. The van der Waals surface area contributed by atoms with Crippen LogP contribution < -0.4 is 0 Å². The van der Waals surface area contributed by atoms with Crippen molar-refractivity contribution < 1.29 is 10.2 Å². The highest BCUT2D eigenvalue weighted by Crippen LogP contribution is 2.25. The topological polar surface area (TPSA) is 40.5 Å². The number of aromatic hydroxyl groups is 2. The van der Waals surface area contributed by atoms with Crippen LogP contribution in [0.15, 0.2) is 66.7 Å². The van der Waals surface area contributed by atoms with E-state index in [1.807, 2.05) is 0 Å². The van der Waals surface area contributed by atoms with Crippen LogP contribution in [0.25, 0.3) is 16.8 Å². The molecule has 0 saturated heterocycles. The average Bonchev–Trinajstić information content (AvgIpc) is 2.56. The standard InChI is InChI=1S/C14H12.C6H6O2/c1-2-6-12-10-14-8-4-3-7-13(14)9-11(12)5-1;7-5-1-2-6(8)4-3-5/h1-3,5-7,9-10H,4,8H2;1-4,7-8H. The highest BCUT2D eigenvalue weighted by atomic mass is 16.3. The molecule has 0 bridgehead atoms. The molecule has 0 heterocycles. The minimum atomic E-state index is 0.169. The predicted molar refractivity (Wildman–Crippen MR) is 91.1 cm³/mol. The van der Waals surface area contributed by atoms with Gasteiger partial charge in [-0.3, -0.25) is 0 Å². The zero-order valence-electron chi connectivity index (χ0n) is 12.2. The molecule has 4 rings (SSSR count). The summed E-state index contributed by atoms with van der Waals surface area (Å²) in [5.41, 5.74) is 2.89. The number of hydrogen-bond acceptors (Lipinski definition) is 2. The van der Waals surface area contributed by atoms with Crippen LogP contribution in [-0.4, -0.2) is 10.2 Å². The van der Waals surface area contributed by atoms with Crippen LogP contribution >= 0.6 is 0 Å². The SMILES string of the molecule is C1=Cc2cc3ccccc3cc2CC1.Oc1ccc(O)cc1. The molecule has 0 saturated carbocycles. The van der Waals surface area contributed by atoms with Gasteiger partial charge in [0.2, 0.25) is 0 Å². The van der Waals surface area contributed by atoms with Crippen LogP contribution in [0.2, 0.25) is 0 Å². The van der Waals surface area contributed by atoms with Gasteiger partial charge in [0.1, 0.15) is 11.5 Å². The molecule has 0 fully saturated rings. The first-order valence-corrected chi connectivity index (χ1v) is 7.38. The molecule has 1 aliphatic rings. The van der Waals surface area contributed by atoms with Gasteiger partial charge >= 0.3 is 0 Å². The Balaban J connectivity index is 0.000000154. The number of hydrogen-bond donors (Lipinski definition) is 2. The first kappa shape index (κ1) is 14.2. The second-order valence-electron chi connectivity index (χ2n) is 5.36. The van der Waals surface area contributed by atoms with Gasteiger partial charge in [-0.2, -0.15) is 0 Å². The number of aryl methyl sites for hydroxylation is 1. The first-order chi connectivity index (χ1) is 10.7. The van der Waals surface area contributed by atoms with Crippen molar-refractivity contribution in [1.82, 2.24) is 0 Å². The summed E-state index contributed by atoms with van der Waals surface area (Å²) in [4.78, 5) is 0. The molecule has 110 valence electrons. The Morgan fingerprint density at radius 1 is 0.727 bits per heavy atom. The number of phenols is 2. The summed E-state index contributed by atoms with van der Waals surface area (Å²) < 4.78 is 0. The van der Waals surface area contributed by atoms with Crippen LogP contribution in [-0.2, 0) is 6.42 Å². The molecule has 0 atom stereocenters. The maximum absolute atomic E-state index is 8.65. The van der Waals surface area contributed by atoms with Crippen molar-refractivity contribution in [1.29, 1.82) is 0 Å². The molecule has 22 heavy (non-hydrogen) atoms. The molecule has 0 aliphatic heterocycles. The molecule has 2 nitrogen and oxygen atoms in total. The van der Waals surface area contributed by atoms with Gasteiger partial charge in [-0.15, -0.1) is 0 Å². The molecule has 1 aliphatic carbocycles. The second kappa shape index (κ2) is 6.35. The van der Waals surface area contributed by atoms with E-state index in [2.05, 4.69) is 48.6 Å². The highest BCUT2D eigenvalue weighted by molar-refractivity contribution is 5.86. The van der Waals surface area contributed by atoms with Crippen LogP contribution in [0.1, 0.15) is 17.5 Å². The molecule has 0 amide bonds. The third-order valence-electron chi connectivity index (χ3n) is 3.73. The van der Waals surface area contributed by atoms with Gasteiger partial charge in [0.15, 0.2) is 0 Å². The van der Waals surface area contributed by atoms with E-state index in [4.69, 9.17) is 10.2 Å². The summed E-state index contributed by atoms with van der Waals surface area (Å²) in [6.07, 6.45) is 6.88. The Hall–Kier alpha value is -2.74. The lowest BCUT2D eigenvalue weighted by Gasteiger charge is -2.11. The normalized spacial score (nSPS) is 12.4. The van der Waals surface area contributed by atoms with E-state index in [0.29, 0.717) is 0 Å². The minimum Gasteiger partial charge on any atom is -0.508 e. The summed E-state index contributed by atoms with van der Waals surface area (Å²) >= 11 is 0. The summed E-state index contributed by atoms with van der Waals surface area (Å²) in [5, 5.41) is 20.0. The van der Waals surface area contributed by atoms with E-state index in [1.54, 1.807) is 0 Å². The Labute approximate surface area is 130 Å². The predicted octanol–water partition coefficient (Wildman–Crippen LogP) is 4.90. The summed E-state index contributed by atoms with van der Waals surface area (Å²) in [6, 6.07) is 18.9. The van der Waals surface area contributed by atoms with Crippen molar-refractivity contribution in [3.8, 4) is 11.5 Å². The van der Waals surface area contributed by atoms with Crippen molar-refractivity contribution in [2.75, 3.05) is 0 Å².